The van der Waals surface area contributed by atoms with E-state index >= 15 is 0 Å². The lowest BCUT2D eigenvalue weighted by Gasteiger charge is -2.36. The molecular formula is C19H20N2O3. The molecule has 3 rings (SSSR count). The van der Waals surface area contributed by atoms with Crippen molar-refractivity contribution in [1.82, 2.24) is 4.90 Å². The molecule has 124 valence electrons. The summed E-state index contributed by atoms with van der Waals surface area (Å²) >= 11 is 0. The fraction of sp³-hybridized carbons (Fsp3) is 0.263. The summed E-state index contributed by atoms with van der Waals surface area (Å²) in [6, 6.07) is 14.8. The van der Waals surface area contributed by atoms with Gasteiger partial charge in [0.25, 0.3) is 0 Å². The summed E-state index contributed by atoms with van der Waals surface area (Å²) in [6.07, 6.45) is 0.488. The topological polar surface area (TPSA) is 60.9 Å². The fourth-order valence-corrected chi connectivity index (χ4v) is 2.96. The van der Waals surface area contributed by atoms with Gasteiger partial charge in [-0.1, -0.05) is 30.3 Å². The van der Waals surface area contributed by atoms with Crippen LogP contribution in [-0.4, -0.2) is 35.1 Å². The SMILES string of the molecule is Cc1ccccc1N1CN(Cc2ccc(C(=O)O)cc2)CCC1=O. The number of benzene rings is 2. The lowest BCUT2D eigenvalue weighted by atomic mass is 10.1. The quantitative estimate of drug-likeness (QED) is 0.939. The molecule has 0 unspecified atom stereocenters. The Morgan fingerprint density at radius 3 is 2.50 bits per heavy atom. The van der Waals surface area contributed by atoms with E-state index in [1.54, 1.807) is 12.1 Å². The average molecular weight is 324 g/mol. The number of aryl methyl sites for hydroxylation is 1. The molecule has 0 radical (unpaired) electrons. The molecule has 2 aromatic rings. The smallest absolute Gasteiger partial charge is 0.335 e. The number of nitrogens with zero attached hydrogens (tertiary/aromatic N) is 2. The molecule has 1 N–H and O–H groups in total. The van der Waals surface area contributed by atoms with Crippen LogP contribution >= 0.6 is 0 Å². The Balaban J connectivity index is 1.72. The van der Waals surface area contributed by atoms with Crippen LogP contribution in [-0.2, 0) is 11.3 Å². The minimum atomic E-state index is -0.921. The van der Waals surface area contributed by atoms with Crippen molar-refractivity contribution in [3.63, 3.8) is 0 Å². The molecule has 24 heavy (non-hydrogen) atoms. The number of hydrogen-bond donors (Lipinski definition) is 1. The van der Waals surface area contributed by atoms with Crippen LogP contribution < -0.4 is 4.90 Å². The van der Waals surface area contributed by atoms with E-state index in [4.69, 9.17) is 5.11 Å². The van der Waals surface area contributed by atoms with Gasteiger partial charge in [0.05, 0.1) is 12.2 Å². The standard InChI is InChI=1S/C19H20N2O3/c1-14-4-2-3-5-17(14)21-13-20(11-10-18(21)22)12-15-6-8-16(9-7-15)19(23)24/h2-9H,10-13H2,1H3,(H,23,24). The molecule has 0 aromatic heterocycles. The molecule has 0 atom stereocenters. The summed E-state index contributed by atoms with van der Waals surface area (Å²) in [5.41, 5.74) is 3.36. The van der Waals surface area contributed by atoms with Crippen LogP contribution in [0.1, 0.15) is 27.9 Å². The Hall–Kier alpha value is -2.66. The highest BCUT2D eigenvalue weighted by Crippen LogP contribution is 2.23. The molecule has 2 aromatic carbocycles. The molecule has 1 fully saturated rings. The third-order valence-corrected chi connectivity index (χ3v) is 4.30. The molecule has 0 bridgehead atoms. The van der Waals surface area contributed by atoms with Crippen molar-refractivity contribution >= 4 is 17.6 Å². The Morgan fingerprint density at radius 2 is 1.83 bits per heavy atom. The van der Waals surface area contributed by atoms with Crippen LogP contribution in [0.4, 0.5) is 5.69 Å². The van der Waals surface area contributed by atoms with Crippen molar-refractivity contribution in [3.8, 4) is 0 Å². The number of hydrogen-bond acceptors (Lipinski definition) is 3. The number of aromatic carboxylic acids is 1. The van der Waals surface area contributed by atoms with Crippen molar-refractivity contribution in [3.05, 3.63) is 65.2 Å². The van der Waals surface area contributed by atoms with Gasteiger partial charge in [0.2, 0.25) is 5.91 Å². The molecule has 0 aliphatic carbocycles. The maximum Gasteiger partial charge on any atom is 0.335 e. The van der Waals surface area contributed by atoms with Gasteiger partial charge in [0.15, 0.2) is 0 Å². The van der Waals surface area contributed by atoms with E-state index in [2.05, 4.69) is 4.90 Å². The van der Waals surface area contributed by atoms with Crippen LogP contribution in [0.2, 0.25) is 0 Å². The third kappa shape index (κ3) is 3.46. The molecule has 5 heteroatoms. The molecule has 1 aliphatic heterocycles. The first-order valence-electron chi connectivity index (χ1n) is 7.95. The number of rotatable bonds is 4. The van der Waals surface area contributed by atoms with E-state index in [0.29, 0.717) is 26.2 Å². The fourth-order valence-electron chi connectivity index (χ4n) is 2.96. The summed E-state index contributed by atoms with van der Waals surface area (Å²) in [6.45, 7) is 3.95. The van der Waals surface area contributed by atoms with Gasteiger partial charge in [-0.25, -0.2) is 4.79 Å². The van der Waals surface area contributed by atoms with Gasteiger partial charge in [-0.3, -0.25) is 14.6 Å². The minimum Gasteiger partial charge on any atom is -0.478 e. The molecule has 0 spiro atoms. The molecule has 0 saturated carbocycles. The second-order valence-electron chi connectivity index (χ2n) is 6.05. The molecule has 1 amide bonds. The van der Waals surface area contributed by atoms with E-state index in [1.807, 2.05) is 48.2 Å². The summed E-state index contributed by atoms with van der Waals surface area (Å²) < 4.78 is 0. The van der Waals surface area contributed by atoms with Crippen molar-refractivity contribution in [2.24, 2.45) is 0 Å². The first kappa shape index (κ1) is 16.2. The van der Waals surface area contributed by atoms with E-state index < -0.39 is 5.97 Å². The zero-order valence-corrected chi connectivity index (χ0v) is 13.6. The predicted octanol–water partition coefficient (Wildman–Crippen LogP) is 2.89. The van der Waals surface area contributed by atoms with Crippen molar-refractivity contribution in [1.29, 1.82) is 0 Å². The van der Waals surface area contributed by atoms with Gasteiger partial charge in [-0.15, -0.1) is 0 Å². The highest BCUT2D eigenvalue weighted by atomic mass is 16.4. The number of carboxylic acids is 1. The van der Waals surface area contributed by atoms with Crippen LogP contribution in [0.3, 0.4) is 0 Å². The van der Waals surface area contributed by atoms with E-state index in [-0.39, 0.29) is 11.5 Å². The lowest BCUT2D eigenvalue weighted by Crippen LogP contribution is -2.48. The molecular weight excluding hydrogens is 304 g/mol. The third-order valence-electron chi connectivity index (χ3n) is 4.30. The van der Waals surface area contributed by atoms with Gasteiger partial charge in [-0.2, -0.15) is 0 Å². The maximum atomic E-state index is 12.3. The predicted molar refractivity (Wildman–Crippen MR) is 92.0 cm³/mol. The number of carbonyl (C=O) groups is 2. The summed E-state index contributed by atoms with van der Waals surface area (Å²) in [5.74, 6) is -0.780. The van der Waals surface area contributed by atoms with Crippen LogP contribution in [0, 0.1) is 6.92 Å². The van der Waals surface area contributed by atoms with Gasteiger partial charge in [0.1, 0.15) is 0 Å². The first-order valence-corrected chi connectivity index (χ1v) is 7.95. The highest BCUT2D eigenvalue weighted by molar-refractivity contribution is 5.94. The molecule has 1 saturated heterocycles. The van der Waals surface area contributed by atoms with Crippen LogP contribution in [0.15, 0.2) is 48.5 Å². The first-order chi connectivity index (χ1) is 11.5. The van der Waals surface area contributed by atoms with Crippen molar-refractivity contribution in [2.45, 2.75) is 19.9 Å². The van der Waals surface area contributed by atoms with Crippen molar-refractivity contribution in [2.75, 3.05) is 18.1 Å². The largest absolute Gasteiger partial charge is 0.478 e. The normalized spacial score (nSPS) is 15.5. The van der Waals surface area contributed by atoms with E-state index in [1.165, 1.54) is 0 Å². The van der Waals surface area contributed by atoms with Gasteiger partial charge < -0.3 is 5.11 Å². The Labute approximate surface area is 141 Å². The highest BCUT2D eigenvalue weighted by Gasteiger charge is 2.25. The van der Waals surface area contributed by atoms with Gasteiger partial charge >= 0.3 is 5.97 Å². The Kier molecular flexibility index (Phi) is 4.62. The molecule has 1 aliphatic rings. The number of carbonyl (C=O) groups excluding carboxylic acids is 1. The number of amides is 1. The minimum absolute atomic E-state index is 0.141. The van der Waals surface area contributed by atoms with E-state index in [0.717, 1.165) is 16.8 Å². The number of anilines is 1. The number of para-hydroxylation sites is 1. The van der Waals surface area contributed by atoms with Crippen LogP contribution in [0.5, 0.6) is 0 Å². The average Bonchev–Trinajstić information content (AvgIpc) is 2.58. The second kappa shape index (κ2) is 6.84. The summed E-state index contributed by atoms with van der Waals surface area (Å²) in [4.78, 5) is 27.2. The molecule has 5 nitrogen and oxygen atoms in total. The van der Waals surface area contributed by atoms with Gasteiger partial charge in [-0.05, 0) is 36.2 Å². The Bertz CT molecular complexity index is 755. The van der Waals surface area contributed by atoms with Crippen LogP contribution in [0.25, 0.3) is 0 Å². The summed E-state index contributed by atoms with van der Waals surface area (Å²) in [7, 11) is 0. The summed E-state index contributed by atoms with van der Waals surface area (Å²) in [5, 5.41) is 8.96. The number of carboxylic acid groups (broad SMARTS) is 1. The monoisotopic (exact) mass is 324 g/mol. The van der Waals surface area contributed by atoms with Gasteiger partial charge in [0, 0.05) is 25.2 Å². The van der Waals surface area contributed by atoms with Crippen molar-refractivity contribution < 1.29 is 14.7 Å². The zero-order valence-electron chi connectivity index (χ0n) is 13.6. The lowest BCUT2D eigenvalue weighted by molar-refractivity contribution is -0.121. The zero-order chi connectivity index (χ0) is 17.1. The Morgan fingerprint density at radius 1 is 1.12 bits per heavy atom. The van der Waals surface area contributed by atoms with E-state index in [9.17, 15) is 9.59 Å². The maximum absolute atomic E-state index is 12.3. The molecule has 1 heterocycles. The second-order valence-corrected chi connectivity index (χ2v) is 6.05.